The molecule has 0 aliphatic rings. The minimum Gasteiger partial charge on any atom is -0.496 e. The Balaban J connectivity index is 2.17. The molecule has 0 saturated carbocycles. The van der Waals surface area contributed by atoms with Crippen molar-refractivity contribution in [2.45, 2.75) is 0 Å². The number of nitrogens with two attached hydrogens (primary N) is 1. The highest BCUT2D eigenvalue weighted by Crippen LogP contribution is 2.24. The van der Waals surface area contributed by atoms with Crippen molar-refractivity contribution in [1.29, 1.82) is 0 Å². The van der Waals surface area contributed by atoms with E-state index >= 15 is 0 Å². The SMILES string of the molecule is COc1ccc(Br)cc1C=CC(=O)Nc1ccccc1C(N)=O. The van der Waals surface area contributed by atoms with Gasteiger partial charge in [0, 0.05) is 16.1 Å². The fraction of sp³-hybridized carbons (Fsp3) is 0.0588. The lowest BCUT2D eigenvalue weighted by atomic mass is 10.1. The maximum atomic E-state index is 12.0. The van der Waals surface area contributed by atoms with E-state index in [-0.39, 0.29) is 11.5 Å². The van der Waals surface area contributed by atoms with E-state index in [1.54, 1.807) is 43.5 Å². The van der Waals surface area contributed by atoms with Crippen LogP contribution in [0.1, 0.15) is 15.9 Å². The van der Waals surface area contributed by atoms with Crippen molar-refractivity contribution in [2.75, 3.05) is 12.4 Å². The zero-order valence-corrected chi connectivity index (χ0v) is 14.0. The molecule has 5 nitrogen and oxygen atoms in total. The smallest absolute Gasteiger partial charge is 0.250 e. The molecule has 2 aromatic carbocycles. The number of hydrogen-bond acceptors (Lipinski definition) is 3. The molecule has 0 aromatic heterocycles. The van der Waals surface area contributed by atoms with Crippen molar-refractivity contribution < 1.29 is 14.3 Å². The van der Waals surface area contributed by atoms with Gasteiger partial charge < -0.3 is 15.8 Å². The minimum atomic E-state index is -0.599. The number of primary amides is 1. The summed E-state index contributed by atoms with van der Waals surface area (Å²) in [5, 5.41) is 2.64. The van der Waals surface area contributed by atoms with E-state index in [1.807, 2.05) is 12.1 Å². The molecular weight excluding hydrogens is 360 g/mol. The van der Waals surface area contributed by atoms with Crippen LogP contribution in [0.2, 0.25) is 0 Å². The van der Waals surface area contributed by atoms with Crippen molar-refractivity contribution in [1.82, 2.24) is 0 Å². The van der Waals surface area contributed by atoms with Crippen molar-refractivity contribution >= 4 is 39.5 Å². The highest BCUT2D eigenvalue weighted by molar-refractivity contribution is 9.10. The maximum absolute atomic E-state index is 12.0. The monoisotopic (exact) mass is 374 g/mol. The van der Waals surface area contributed by atoms with E-state index in [0.717, 1.165) is 10.0 Å². The summed E-state index contributed by atoms with van der Waals surface area (Å²) < 4.78 is 6.11. The zero-order valence-electron chi connectivity index (χ0n) is 12.4. The predicted octanol–water partition coefficient (Wildman–Crippen LogP) is 3.21. The summed E-state index contributed by atoms with van der Waals surface area (Å²) in [5.41, 5.74) is 6.66. The standard InChI is InChI=1S/C17H15BrN2O3/c1-23-15-8-7-12(18)10-11(15)6-9-16(21)20-14-5-3-2-4-13(14)17(19)22/h2-10H,1H3,(H2,19,22)(H,20,21). The molecule has 0 unspecified atom stereocenters. The molecule has 118 valence electrons. The number of carbonyl (C=O) groups is 2. The van der Waals surface area contributed by atoms with E-state index < -0.39 is 5.91 Å². The van der Waals surface area contributed by atoms with Gasteiger partial charge in [-0.2, -0.15) is 0 Å². The number of para-hydroxylation sites is 1. The number of anilines is 1. The Morgan fingerprint density at radius 2 is 1.96 bits per heavy atom. The van der Waals surface area contributed by atoms with Crippen molar-refractivity contribution in [3.05, 3.63) is 64.1 Å². The van der Waals surface area contributed by atoms with Gasteiger partial charge in [-0.15, -0.1) is 0 Å². The highest BCUT2D eigenvalue weighted by Gasteiger charge is 2.09. The van der Waals surface area contributed by atoms with Crippen LogP contribution in [0.3, 0.4) is 0 Å². The number of rotatable bonds is 5. The van der Waals surface area contributed by atoms with Crippen LogP contribution in [-0.2, 0) is 4.79 Å². The van der Waals surface area contributed by atoms with Gasteiger partial charge in [-0.3, -0.25) is 9.59 Å². The molecule has 0 aliphatic heterocycles. The molecule has 0 aliphatic carbocycles. The summed E-state index contributed by atoms with van der Waals surface area (Å²) in [6.45, 7) is 0. The van der Waals surface area contributed by atoms with Gasteiger partial charge in [-0.1, -0.05) is 28.1 Å². The van der Waals surface area contributed by atoms with Gasteiger partial charge in [-0.25, -0.2) is 0 Å². The number of methoxy groups -OCH3 is 1. The molecule has 6 heteroatoms. The first-order valence-corrected chi connectivity index (χ1v) is 7.52. The molecular formula is C17H15BrN2O3. The fourth-order valence-corrected chi connectivity index (χ4v) is 2.36. The summed E-state index contributed by atoms with van der Waals surface area (Å²) >= 11 is 3.37. The van der Waals surface area contributed by atoms with Crippen molar-refractivity contribution in [3.63, 3.8) is 0 Å². The lowest BCUT2D eigenvalue weighted by molar-refractivity contribution is -0.111. The van der Waals surface area contributed by atoms with Gasteiger partial charge in [0.05, 0.1) is 18.4 Å². The molecule has 23 heavy (non-hydrogen) atoms. The number of hydrogen-bond donors (Lipinski definition) is 2. The Bertz CT molecular complexity index is 772. The normalized spacial score (nSPS) is 10.5. The summed E-state index contributed by atoms with van der Waals surface area (Å²) in [6.07, 6.45) is 2.99. The zero-order chi connectivity index (χ0) is 16.8. The molecule has 0 bridgehead atoms. The molecule has 2 aromatic rings. The van der Waals surface area contributed by atoms with Gasteiger partial charge in [0.1, 0.15) is 5.75 Å². The summed E-state index contributed by atoms with van der Waals surface area (Å²) in [5.74, 6) is -0.325. The first-order chi connectivity index (χ1) is 11.0. The molecule has 2 amide bonds. The number of carbonyl (C=O) groups excluding carboxylic acids is 2. The van der Waals surface area contributed by atoms with E-state index in [2.05, 4.69) is 21.2 Å². The van der Waals surface area contributed by atoms with Crippen LogP contribution in [0.4, 0.5) is 5.69 Å². The van der Waals surface area contributed by atoms with Crippen LogP contribution in [-0.4, -0.2) is 18.9 Å². The Morgan fingerprint density at radius 1 is 1.22 bits per heavy atom. The second kappa shape index (κ2) is 7.60. The molecule has 0 heterocycles. The van der Waals surface area contributed by atoms with Gasteiger partial charge in [0.2, 0.25) is 5.91 Å². The third-order valence-corrected chi connectivity index (χ3v) is 3.55. The Labute approximate surface area is 142 Å². The van der Waals surface area contributed by atoms with Gasteiger partial charge in [0.25, 0.3) is 5.91 Å². The summed E-state index contributed by atoms with van der Waals surface area (Å²) in [4.78, 5) is 23.4. The lowest BCUT2D eigenvalue weighted by Gasteiger charge is -2.07. The molecule has 0 fully saturated rings. The number of amides is 2. The second-order valence-corrected chi connectivity index (χ2v) is 5.53. The molecule has 3 N–H and O–H groups in total. The fourth-order valence-electron chi connectivity index (χ4n) is 1.98. The van der Waals surface area contributed by atoms with Crippen LogP contribution < -0.4 is 15.8 Å². The lowest BCUT2D eigenvalue weighted by Crippen LogP contribution is -2.16. The highest BCUT2D eigenvalue weighted by atomic mass is 79.9. The minimum absolute atomic E-state index is 0.259. The van der Waals surface area contributed by atoms with Crippen LogP contribution in [0.15, 0.2) is 53.0 Å². The van der Waals surface area contributed by atoms with Crippen LogP contribution in [0, 0.1) is 0 Å². The Kier molecular flexibility index (Phi) is 5.54. The Hall–Kier alpha value is -2.60. The number of halogens is 1. The van der Waals surface area contributed by atoms with E-state index in [9.17, 15) is 9.59 Å². The van der Waals surface area contributed by atoms with Gasteiger partial charge >= 0.3 is 0 Å². The van der Waals surface area contributed by atoms with E-state index in [4.69, 9.17) is 10.5 Å². The van der Waals surface area contributed by atoms with E-state index in [1.165, 1.54) is 6.08 Å². The average molecular weight is 375 g/mol. The summed E-state index contributed by atoms with van der Waals surface area (Å²) in [6, 6.07) is 12.0. The quantitative estimate of drug-likeness (QED) is 0.788. The number of benzene rings is 2. The number of ether oxygens (including phenoxy) is 1. The Morgan fingerprint density at radius 3 is 2.65 bits per heavy atom. The first-order valence-electron chi connectivity index (χ1n) is 6.72. The third-order valence-electron chi connectivity index (χ3n) is 3.06. The molecule has 0 atom stereocenters. The number of nitrogens with one attached hydrogen (secondary N) is 1. The van der Waals surface area contributed by atoms with Gasteiger partial charge in [-0.05, 0) is 36.4 Å². The average Bonchev–Trinajstić information content (AvgIpc) is 2.53. The van der Waals surface area contributed by atoms with E-state index in [0.29, 0.717) is 11.4 Å². The maximum Gasteiger partial charge on any atom is 0.250 e. The second-order valence-electron chi connectivity index (χ2n) is 4.62. The largest absolute Gasteiger partial charge is 0.496 e. The molecule has 0 spiro atoms. The molecule has 0 saturated heterocycles. The van der Waals surface area contributed by atoms with Gasteiger partial charge in [0.15, 0.2) is 0 Å². The topological polar surface area (TPSA) is 81.4 Å². The molecule has 0 radical (unpaired) electrons. The first kappa shape index (κ1) is 16.8. The van der Waals surface area contributed by atoms with Crippen LogP contribution in [0.25, 0.3) is 6.08 Å². The van der Waals surface area contributed by atoms with Crippen molar-refractivity contribution in [2.24, 2.45) is 5.73 Å². The molecule has 2 rings (SSSR count). The van der Waals surface area contributed by atoms with Crippen LogP contribution >= 0.6 is 15.9 Å². The van der Waals surface area contributed by atoms with Crippen LogP contribution in [0.5, 0.6) is 5.75 Å². The van der Waals surface area contributed by atoms with Crippen molar-refractivity contribution in [3.8, 4) is 5.75 Å². The predicted molar refractivity (Wildman–Crippen MR) is 93.3 cm³/mol. The third kappa shape index (κ3) is 4.43. The summed E-state index contributed by atoms with van der Waals surface area (Å²) in [7, 11) is 1.56.